The van der Waals surface area contributed by atoms with Crippen LogP contribution in [0, 0.1) is 10.8 Å². The molecule has 8 heteroatoms. The Bertz CT molecular complexity index is 1750. The van der Waals surface area contributed by atoms with Crippen LogP contribution < -0.4 is 30.7 Å². The molecule has 0 radical (unpaired) electrons. The van der Waals surface area contributed by atoms with Crippen LogP contribution in [0.1, 0.15) is 97.8 Å². The number of aliphatic hydroxyl groups is 1. The Labute approximate surface area is 273 Å². The molecule has 0 aromatic heterocycles. The predicted octanol–water partition coefficient (Wildman–Crippen LogP) is 5.37. The number of hydrogen-bond donors (Lipinski definition) is 3. The van der Waals surface area contributed by atoms with E-state index in [-0.39, 0.29) is 34.5 Å². The number of carbonyl (C=O) groups excluding carboxylic acids is 3. The molecule has 3 aliphatic rings. The topological polar surface area (TPSA) is 102 Å². The van der Waals surface area contributed by atoms with Gasteiger partial charge in [-0.25, -0.2) is 4.58 Å². The fourth-order valence-corrected chi connectivity index (χ4v) is 6.31. The Morgan fingerprint density at radius 1 is 0.848 bits per heavy atom. The molecule has 0 fully saturated rings. The second-order valence-electron chi connectivity index (χ2n) is 15.1. The quantitative estimate of drug-likeness (QED) is 0.325. The zero-order chi connectivity index (χ0) is 33.6. The maximum atomic E-state index is 14.2. The van der Waals surface area contributed by atoms with Crippen LogP contribution in [0.25, 0.3) is 11.1 Å². The van der Waals surface area contributed by atoms with Gasteiger partial charge in [0.15, 0.2) is 0 Å². The van der Waals surface area contributed by atoms with E-state index < -0.39 is 10.8 Å². The smallest absolute Gasteiger partial charge is 0.229 e. The van der Waals surface area contributed by atoms with Crippen molar-refractivity contribution in [2.45, 2.75) is 93.9 Å². The third kappa shape index (κ3) is 6.36. The summed E-state index contributed by atoms with van der Waals surface area (Å²) in [5.41, 5.74) is 3.96. The lowest BCUT2D eigenvalue weighted by molar-refractivity contribution is -0.123. The van der Waals surface area contributed by atoms with E-state index in [0.717, 1.165) is 86.9 Å². The monoisotopic (exact) mass is 627 g/mol. The fraction of sp³-hybridized carbons (Fsp3) is 0.526. The molecule has 0 saturated carbocycles. The molecule has 3 N–H and O–H groups in total. The van der Waals surface area contributed by atoms with Gasteiger partial charge in [-0.2, -0.15) is 0 Å². The summed E-state index contributed by atoms with van der Waals surface area (Å²) in [6.45, 7) is 19.1. The molecule has 46 heavy (non-hydrogen) atoms. The van der Waals surface area contributed by atoms with E-state index >= 15 is 0 Å². The van der Waals surface area contributed by atoms with E-state index in [2.05, 4.69) is 34.0 Å². The highest BCUT2D eigenvalue weighted by molar-refractivity contribution is 6.52. The number of ketones is 1. The van der Waals surface area contributed by atoms with Crippen molar-refractivity contribution >= 4 is 45.8 Å². The highest BCUT2D eigenvalue weighted by Gasteiger charge is 2.39. The minimum absolute atomic E-state index is 0.107. The van der Waals surface area contributed by atoms with Gasteiger partial charge in [0.05, 0.1) is 22.5 Å². The number of hydrogen-bond acceptors (Lipinski definition) is 5. The standard InChI is InChI=1S/C38H50N4O4/c1-9-11-15-41-17-13-23-19-25(27(21-29(23)41)39-35(45)37(3,4)5)31-33(43)32(34(31)44)26-20-24-14-18-42(16-12-10-2)30(24)22-28(26)40-36(46)38(6,7)8/h19-22H,9-18H2,1-8H3,(H2,39,40,43,44,45,46)/p+1. The van der Waals surface area contributed by atoms with Crippen molar-refractivity contribution < 1.29 is 19.5 Å². The average Bonchev–Trinajstić information content (AvgIpc) is 3.56. The maximum absolute atomic E-state index is 14.2. The number of Topliss-reactive ketones (excluding diaryl/α,β-unsaturated/α-hetero) is 1. The van der Waals surface area contributed by atoms with E-state index in [1.54, 1.807) is 0 Å². The molecule has 8 nitrogen and oxygen atoms in total. The van der Waals surface area contributed by atoms with Gasteiger partial charge in [-0.1, -0.05) is 68.2 Å². The SMILES string of the molecule is CCCCN1CCc2cc(C3=C(O)/C(=c4\cc5c(cc4NC(=O)C(C)(C)C)=[N+](CCCC)CC5)C3=O)c(NC(=O)C(C)(C)C)cc21. The van der Waals surface area contributed by atoms with Crippen molar-refractivity contribution in [1.82, 2.24) is 4.58 Å². The van der Waals surface area contributed by atoms with Crippen molar-refractivity contribution in [3.05, 3.63) is 57.3 Å². The minimum atomic E-state index is -0.648. The van der Waals surface area contributed by atoms with E-state index in [1.165, 1.54) is 0 Å². The number of rotatable bonds is 9. The Balaban J connectivity index is 1.68. The number of anilines is 3. The van der Waals surface area contributed by atoms with Crippen molar-refractivity contribution in [3.63, 3.8) is 0 Å². The summed E-state index contributed by atoms with van der Waals surface area (Å²) < 4.78 is 2.34. The lowest BCUT2D eigenvalue weighted by atomic mass is 9.80. The lowest BCUT2D eigenvalue weighted by Crippen LogP contribution is -2.36. The Morgan fingerprint density at radius 3 is 2.11 bits per heavy atom. The van der Waals surface area contributed by atoms with Gasteiger partial charge in [-0.3, -0.25) is 14.4 Å². The minimum Gasteiger partial charge on any atom is -0.506 e. The predicted molar refractivity (Wildman–Crippen MR) is 187 cm³/mol. The lowest BCUT2D eigenvalue weighted by Gasteiger charge is -2.27. The van der Waals surface area contributed by atoms with Crippen LogP contribution >= 0.6 is 0 Å². The summed E-state index contributed by atoms with van der Waals surface area (Å²) in [5, 5.41) is 19.4. The number of unbranched alkanes of at least 4 members (excludes halogenated alkanes) is 2. The Hall–Kier alpha value is -3.94. The first-order chi connectivity index (χ1) is 21.6. The second-order valence-corrected chi connectivity index (χ2v) is 15.1. The third-order valence-corrected chi connectivity index (χ3v) is 9.31. The molecule has 2 heterocycles. The van der Waals surface area contributed by atoms with Gasteiger partial charge >= 0.3 is 0 Å². The number of fused-ring (bicyclic) bond motifs is 2. The molecule has 5 rings (SSSR count). The molecule has 2 aromatic carbocycles. The normalized spacial score (nSPS) is 17.3. The summed E-state index contributed by atoms with van der Waals surface area (Å²) in [4.78, 5) is 42.9. The summed E-state index contributed by atoms with van der Waals surface area (Å²) in [6, 6.07) is 7.88. The molecule has 246 valence electrons. The number of nitrogens with zero attached hydrogens (tertiary/aromatic N) is 2. The van der Waals surface area contributed by atoms with Crippen LogP contribution in [0.5, 0.6) is 0 Å². The molecule has 2 aliphatic heterocycles. The zero-order valence-electron chi connectivity index (χ0n) is 28.9. The van der Waals surface area contributed by atoms with E-state index in [0.29, 0.717) is 22.2 Å². The molecule has 0 unspecified atom stereocenters. The molecule has 2 amide bonds. The fourth-order valence-electron chi connectivity index (χ4n) is 6.31. The number of allylic oxidation sites excluding steroid dienone is 2. The average molecular weight is 628 g/mol. The summed E-state index contributed by atoms with van der Waals surface area (Å²) in [6.07, 6.45) is 5.98. The number of carbonyl (C=O) groups is 3. The second kappa shape index (κ2) is 12.7. The molecule has 0 bridgehead atoms. The molecule has 0 saturated heterocycles. The van der Waals surface area contributed by atoms with Crippen molar-refractivity contribution in [1.29, 1.82) is 0 Å². The van der Waals surface area contributed by atoms with Gasteiger partial charge < -0.3 is 20.6 Å². The first-order valence-corrected chi connectivity index (χ1v) is 17.0. The molecule has 2 aromatic rings. The van der Waals surface area contributed by atoms with E-state index in [9.17, 15) is 19.5 Å². The number of benzene rings is 2. The van der Waals surface area contributed by atoms with Gasteiger partial charge in [-0.15, -0.1) is 0 Å². The number of amides is 2. The van der Waals surface area contributed by atoms with Crippen LogP contribution in [-0.4, -0.2) is 48.9 Å². The summed E-state index contributed by atoms with van der Waals surface area (Å²) in [5.74, 6) is -0.733. The van der Waals surface area contributed by atoms with Gasteiger partial charge in [0.2, 0.25) is 23.0 Å². The van der Waals surface area contributed by atoms with Crippen LogP contribution in [-0.2, 0) is 27.2 Å². The third-order valence-electron chi connectivity index (χ3n) is 9.31. The van der Waals surface area contributed by atoms with Gasteiger partial charge in [0, 0.05) is 64.9 Å². The van der Waals surface area contributed by atoms with Crippen molar-refractivity contribution in [2.24, 2.45) is 10.8 Å². The Morgan fingerprint density at radius 2 is 1.50 bits per heavy atom. The van der Waals surface area contributed by atoms with Crippen molar-refractivity contribution in [2.75, 3.05) is 41.7 Å². The van der Waals surface area contributed by atoms with Crippen LogP contribution in [0.15, 0.2) is 30.0 Å². The largest absolute Gasteiger partial charge is 0.506 e. The van der Waals surface area contributed by atoms with Gasteiger partial charge in [0.25, 0.3) is 0 Å². The van der Waals surface area contributed by atoms with Crippen molar-refractivity contribution in [3.8, 4) is 0 Å². The highest BCUT2D eigenvalue weighted by atomic mass is 16.3. The maximum Gasteiger partial charge on any atom is 0.229 e. The van der Waals surface area contributed by atoms with Crippen LogP contribution in [0.3, 0.4) is 0 Å². The first kappa shape index (κ1) is 33.4. The molecule has 0 spiro atoms. The number of aliphatic hydroxyl groups excluding tert-OH is 1. The molecular weight excluding hydrogens is 576 g/mol. The highest BCUT2D eigenvalue weighted by Crippen LogP contribution is 2.44. The van der Waals surface area contributed by atoms with Crippen LogP contribution in [0.2, 0.25) is 0 Å². The Kier molecular flexibility index (Phi) is 9.22. The zero-order valence-corrected chi connectivity index (χ0v) is 28.9. The molecule has 0 atom stereocenters. The van der Waals surface area contributed by atoms with Gasteiger partial charge in [-0.05, 0) is 36.6 Å². The van der Waals surface area contributed by atoms with Gasteiger partial charge in [0.1, 0.15) is 18.8 Å². The first-order valence-electron chi connectivity index (χ1n) is 17.0. The summed E-state index contributed by atoms with van der Waals surface area (Å²) in [7, 11) is 0. The van der Waals surface area contributed by atoms with E-state index in [1.807, 2.05) is 65.8 Å². The molecule has 1 aliphatic carbocycles. The van der Waals surface area contributed by atoms with Crippen LogP contribution in [0.4, 0.5) is 17.1 Å². The molecular formula is C38H51N4O4+. The summed E-state index contributed by atoms with van der Waals surface area (Å²) >= 11 is 0. The number of nitrogens with one attached hydrogen (secondary N) is 2. The van der Waals surface area contributed by atoms with E-state index in [4.69, 9.17) is 0 Å².